The molecule has 0 aromatic carbocycles. The van der Waals surface area contributed by atoms with Gasteiger partial charge in [-0.3, -0.25) is 9.78 Å². The number of methoxy groups -OCH3 is 1. The summed E-state index contributed by atoms with van der Waals surface area (Å²) < 4.78 is 10.7. The predicted octanol–water partition coefficient (Wildman–Crippen LogP) is 0.875. The van der Waals surface area contributed by atoms with E-state index in [9.17, 15) is 4.79 Å². The van der Waals surface area contributed by atoms with Crippen LogP contribution in [0.5, 0.6) is 11.8 Å². The molecule has 1 unspecified atom stereocenters. The van der Waals surface area contributed by atoms with Gasteiger partial charge < -0.3 is 14.4 Å². The lowest BCUT2D eigenvalue weighted by Crippen LogP contribution is -2.43. The molecule has 0 N–H and O–H groups in total. The SMILES string of the molecule is COc1cncc(OC2CCCN(C(C)=O)C2)n1. The van der Waals surface area contributed by atoms with Crippen molar-refractivity contribution in [3.8, 4) is 11.8 Å². The zero-order valence-corrected chi connectivity index (χ0v) is 10.6. The molecule has 1 aliphatic rings. The van der Waals surface area contributed by atoms with Crippen molar-refractivity contribution < 1.29 is 14.3 Å². The third-order valence-corrected chi connectivity index (χ3v) is 2.91. The number of carbonyl (C=O) groups is 1. The maximum atomic E-state index is 11.3. The summed E-state index contributed by atoms with van der Waals surface area (Å²) >= 11 is 0. The number of piperidine rings is 1. The first-order chi connectivity index (χ1) is 8.69. The number of nitrogens with zero attached hydrogens (tertiary/aromatic N) is 3. The third-order valence-electron chi connectivity index (χ3n) is 2.91. The van der Waals surface area contributed by atoms with Gasteiger partial charge in [0, 0.05) is 13.5 Å². The molecule has 6 heteroatoms. The van der Waals surface area contributed by atoms with Crippen LogP contribution >= 0.6 is 0 Å². The highest BCUT2D eigenvalue weighted by atomic mass is 16.5. The van der Waals surface area contributed by atoms with Crippen LogP contribution in [-0.2, 0) is 4.79 Å². The van der Waals surface area contributed by atoms with Gasteiger partial charge in [0.2, 0.25) is 17.7 Å². The lowest BCUT2D eigenvalue weighted by molar-refractivity contribution is -0.131. The van der Waals surface area contributed by atoms with Crippen LogP contribution in [0.15, 0.2) is 12.4 Å². The van der Waals surface area contributed by atoms with Crippen LogP contribution in [-0.4, -0.2) is 47.1 Å². The maximum Gasteiger partial charge on any atom is 0.235 e. The molecule has 0 saturated carbocycles. The van der Waals surface area contributed by atoms with E-state index < -0.39 is 0 Å². The topological polar surface area (TPSA) is 64.6 Å². The van der Waals surface area contributed by atoms with Crippen molar-refractivity contribution in [3.05, 3.63) is 12.4 Å². The van der Waals surface area contributed by atoms with Gasteiger partial charge in [0.15, 0.2) is 0 Å². The number of amides is 1. The van der Waals surface area contributed by atoms with Crippen molar-refractivity contribution in [2.24, 2.45) is 0 Å². The maximum absolute atomic E-state index is 11.3. The Labute approximate surface area is 106 Å². The third kappa shape index (κ3) is 3.09. The van der Waals surface area contributed by atoms with Crippen molar-refractivity contribution in [2.75, 3.05) is 20.2 Å². The van der Waals surface area contributed by atoms with Crippen molar-refractivity contribution >= 4 is 5.91 Å². The molecule has 1 saturated heterocycles. The number of ether oxygens (including phenoxy) is 2. The highest BCUT2D eigenvalue weighted by molar-refractivity contribution is 5.73. The quantitative estimate of drug-likeness (QED) is 0.797. The Balaban J connectivity index is 1.97. The molecule has 0 radical (unpaired) electrons. The molecule has 6 nitrogen and oxygen atoms in total. The van der Waals surface area contributed by atoms with Crippen molar-refractivity contribution in [1.29, 1.82) is 0 Å². The van der Waals surface area contributed by atoms with Crippen LogP contribution in [0, 0.1) is 0 Å². The summed E-state index contributed by atoms with van der Waals surface area (Å²) in [7, 11) is 1.53. The molecule has 1 fully saturated rings. The van der Waals surface area contributed by atoms with Crippen molar-refractivity contribution in [3.63, 3.8) is 0 Å². The van der Waals surface area contributed by atoms with Gasteiger partial charge in [-0.25, -0.2) is 0 Å². The Morgan fingerprint density at radius 1 is 1.44 bits per heavy atom. The lowest BCUT2D eigenvalue weighted by Gasteiger charge is -2.31. The summed E-state index contributed by atoms with van der Waals surface area (Å²) in [4.78, 5) is 21.2. The average molecular weight is 251 g/mol. The predicted molar refractivity (Wildman–Crippen MR) is 64.5 cm³/mol. The Morgan fingerprint density at radius 3 is 2.94 bits per heavy atom. The van der Waals surface area contributed by atoms with Crippen LogP contribution < -0.4 is 9.47 Å². The van der Waals surface area contributed by atoms with E-state index in [0.29, 0.717) is 18.3 Å². The molecular weight excluding hydrogens is 234 g/mol. The number of rotatable bonds is 3. The average Bonchev–Trinajstić information content (AvgIpc) is 2.39. The number of carbonyl (C=O) groups excluding carboxylic acids is 1. The van der Waals surface area contributed by atoms with Gasteiger partial charge in [-0.2, -0.15) is 4.98 Å². The zero-order valence-electron chi connectivity index (χ0n) is 10.6. The van der Waals surface area contributed by atoms with Gasteiger partial charge in [-0.05, 0) is 12.8 Å². The molecule has 2 heterocycles. The van der Waals surface area contributed by atoms with Gasteiger partial charge in [0.05, 0.1) is 26.0 Å². The van der Waals surface area contributed by atoms with Gasteiger partial charge in [0.1, 0.15) is 6.10 Å². The molecule has 1 aromatic rings. The molecule has 0 spiro atoms. The Kier molecular flexibility index (Phi) is 3.96. The van der Waals surface area contributed by atoms with Crippen molar-refractivity contribution in [1.82, 2.24) is 14.9 Å². The van der Waals surface area contributed by atoms with E-state index in [4.69, 9.17) is 9.47 Å². The summed E-state index contributed by atoms with van der Waals surface area (Å²) in [6.45, 7) is 2.99. The minimum Gasteiger partial charge on any atom is -0.480 e. The minimum atomic E-state index is -0.0240. The Bertz CT molecular complexity index is 425. The highest BCUT2D eigenvalue weighted by Gasteiger charge is 2.23. The molecule has 1 atom stereocenters. The van der Waals surface area contributed by atoms with Crippen LogP contribution in [0.1, 0.15) is 19.8 Å². The number of hydrogen-bond donors (Lipinski definition) is 0. The van der Waals surface area contributed by atoms with Crippen LogP contribution in [0.25, 0.3) is 0 Å². The van der Waals surface area contributed by atoms with E-state index in [2.05, 4.69) is 9.97 Å². The van der Waals surface area contributed by atoms with E-state index in [1.165, 1.54) is 13.3 Å². The first-order valence-corrected chi connectivity index (χ1v) is 5.97. The van der Waals surface area contributed by atoms with Crippen LogP contribution in [0.2, 0.25) is 0 Å². The smallest absolute Gasteiger partial charge is 0.235 e. The number of aromatic nitrogens is 2. The normalized spacial score (nSPS) is 19.4. The molecular formula is C12H17N3O3. The lowest BCUT2D eigenvalue weighted by atomic mass is 10.1. The molecule has 1 aromatic heterocycles. The molecule has 1 amide bonds. The molecule has 2 rings (SSSR count). The van der Waals surface area contributed by atoms with Crippen LogP contribution in [0.3, 0.4) is 0 Å². The second kappa shape index (κ2) is 5.66. The van der Waals surface area contributed by atoms with E-state index in [1.807, 2.05) is 0 Å². The molecule has 0 bridgehead atoms. The van der Waals surface area contributed by atoms with Gasteiger partial charge >= 0.3 is 0 Å². The molecule has 98 valence electrons. The first kappa shape index (κ1) is 12.6. The van der Waals surface area contributed by atoms with E-state index in [1.54, 1.807) is 18.0 Å². The fraction of sp³-hybridized carbons (Fsp3) is 0.583. The highest BCUT2D eigenvalue weighted by Crippen LogP contribution is 2.17. The zero-order chi connectivity index (χ0) is 13.0. The minimum absolute atomic E-state index is 0.0240. The largest absolute Gasteiger partial charge is 0.480 e. The van der Waals surface area contributed by atoms with E-state index >= 15 is 0 Å². The van der Waals surface area contributed by atoms with E-state index in [-0.39, 0.29) is 12.0 Å². The Hall–Kier alpha value is -1.85. The summed E-state index contributed by atoms with van der Waals surface area (Å²) in [6, 6.07) is 0. The number of likely N-dealkylation sites (tertiary alicyclic amines) is 1. The first-order valence-electron chi connectivity index (χ1n) is 5.97. The summed E-state index contributed by atoms with van der Waals surface area (Å²) in [6.07, 6.45) is 4.92. The van der Waals surface area contributed by atoms with Gasteiger partial charge in [-0.15, -0.1) is 0 Å². The molecule has 1 aliphatic heterocycles. The summed E-state index contributed by atoms with van der Waals surface area (Å²) in [5.41, 5.74) is 0. The molecule has 18 heavy (non-hydrogen) atoms. The fourth-order valence-electron chi connectivity index (χ4n) is 1.98. The van der Waals surface area contributed by atoms with Crippen LogP contribution in [0.4, 0.5) is 0 Å². The standard InChI is InChI=1S/C12H17N3O3/c1-9(16)15-5-3-4-10(8-15)18-12-7-13-6-11(14-12)17-2/h6-7,10H,3-5,8H2,1-2H3. The monoisotopic (exact) mass is 251 g/mol. The second-order valence-corrected chi connectivity index (χ2v) is 4.25. The van der Waals surface area contributed by atoms with Gasteiger partial charge in [-0.1, -0.05) is 0 Å². The van der Waals surface area contributed by atoms with Crippen molar-refractivity contribution in [2.45, 2.75) is 25.9 Å². The summed E-state index contributed by atoms with van der Waals surface area (Å²) in [5.74, 6) is 0.941. The molecule has 0 aliphatic carbocycles. The summed E-state index contributed by atoms with van der Waals surface area (Å²) in [5, 5.41) is 0. The second-order valence-electron chi connectivity index (χ2n) is 4.25. The fourth-order valence-corrected chi connectivity index (χ4v) is 1.98. The Morgan fingerprint density at radius 2 is 2.22 bits per heavy atom. The van der Waals surface area contributed by atoms with E-state index in [0.717, 1.165) is 19.4 Å². The van der Waals surface area contributed by atoms with Gasteiger partial charge in [0.25, 0.3) is 0 Å². The number of hydrogen-bond acceptors (Lipinski definition) is 5.